The number of benzene rings is 1. The molecular formula is C14H21FN2S. The molecule has 0 saturated carbocycles. The Morgan fingerprint density at radius 1 is 1.39 bits per heavy atom. The number of nitrogens with zero attached hydrogens (tertiary/aromatic N) is 1. The summed E-state index contributed by atoms with van der Waals surface area (Å²) in [5.41, 5.74) is 6.74. The molecule has 0 aromatic heterocycles. The van der Waals surface area contributed by atoms with Crippen LogP contribution in [0.25, 0.3) is 0 Å². The lowest BCUT2D eigenvalue weighted by atomic mass is 10.1. The highest BCUT2D eigenvalue weighted by Gasteiger charge is 2.13. The van der Waals surface area contributed by atoms with Crippen molar-refractivity contribution in [3.05, 3.63) is 35.1 Å². The van der Waals surface area contributed by atoms with Gasteiger partial charge in [-0.15, -0.1) is 0 Å². The fourth-order valence-corrected chi connectivity index (χ4v) is 2.27. The van der Waals surface area contributed by atoms with Crippen molar-refractivity contribution in [1.29, 1.82) is 0 Å². The molecule has 0 amide bonds. The molecule has 4 heteroatoms. The Hall–Kier alpha value is -1.00. The molecule has 0 aliphatic heterocycles. The topological polar surface area (TPSA) is 29.3 Å². The van der Waals surface area contributed by atoms with Gasteiger partial charge in [-0.05, 0) is 26.0 Å². The Bertz CT molecular complexity index is 416. The van der Waals surface area contributed by atoms with Crippen molar-refractivity contribution < 1.29 is 4.39 Å². The first-order valence-corrected chi connectivity index (χ1v) is 6.68. The van der Waals surface area contributed by atoms with Crippen molar-refractivity contribution in [2.45, 2.75) is 39.3 Å². The highest BCUT2D eigenvalue weighted by molar-refractivity contribution is 7.80. The lowest BCUT2D eigenvalue weighted by Gasteiger charge is -2.26. The second-order valence-corrected chi connectivity index (χ2v) is 5.00. The molecule has 100 valence electrons. The van der Waals surface area contributed by atoms with Gasteiger partial charge in [0, 0.05) is 23.7 Å². The molecule has 2 nitrogen and oxygen atoms in total. The molecule has 0 radical (unpaired) electrons. The number of hydrogen-bond acceptors (Lipinski definition) is 2. The van der Waals surface area contributed by atoms with Crippen molar-refractivity contribution in [1.82, 2.24) is 4.90 Å². The third-order valence-corrected chi connectivity index (χ3v) is 3.56. The van der Waals surface area contributed by atoms with Gasteiger partial charge in [-0.25, -0.2) is 4.39 Å². The van der Waals surface area contributed by atoms with E-state index in [4.69, 9.17) is 18.0 Å². The Balaban J connectivity index is 2.82. The summed E-state index contributed by atoms with van der Waals surface area (Å²) in [5, 5.41) is 0. The van der Waals surface area contributed by atoms with E-state index in [1.807, 2.05) is 7.05 Å². The zero-order valence-corrected chi connectivity index (χ0v) is 12.1. The summed E-state index contributed by atoms with van der Waals surface area (Å²) in [4.78, 5) is 2.41. The summed E-state index contributed by atoms with van der Waals surface area (Å²) >= 11 is 4.83. The van der Waals surface area contributed by atoms with Gasteiger partial charge in [0.1, 0.15) is 10.8 Å². The highest BCUT2D eigenvalue weighted by atomic mass is 32.1. The average molecular weight is 268 g/mol. The zero-order chi connectivity index (χ0) is 13.7. The van der Waals surface area contributed by atoms with Crippen LogP contribution in [0, 0.1) is 5.82 Å². The normalized spacial score (nSPS) is 11.2. The third-order valence-electron chi connectivity index (χ3n) is 3.32. The van der Waals surface area contributed by atoms with Crippen LogP contribution in [0.15, 0.2) is 18.2 Å². The van der Waals surface area contributed by atoms with Gasteiger partial charge in [0.2, 0.25) is 0 Å². The van der Waals surface area contributed by atoms with Gasteiger partial charge in [0.05, 0.1) is 0 Å². The van der Waals surface area contributed by atoms with Crippen molar-refractivity contribution >= 4 is 17.2 Å². The van der Waals surface area contributed by atoms with E-state index in [1.54, 1.807) is 12.1 Å². The highest BCUT2D eigenvalue weighted by Crippen LogP contribution is 2.15. The summed E-state index contributed by atoms with van der Waals surface area (Å²) < 4.78 is 13.9. The minimum absolute atomic E-state index is 0.230. The van der Waals surface area contributed by atoms with E-state index in [1.165, 1.54) is 6.07 Å². The first-order valence-electron chi connectivity index (χ1n) is 6.28. The summed E-state index contributed by atoms with van der Waals surface area (Å²) in [5.74, 6) is -0.238. The minimum Gasteiger partial charge on any atom is -0.389 e. The van der Waals surface area contributed by atoms with Crippen LogP contribution in [0.5, 0.6) is 0 Å². The van der Waals surface area contributed by atoms with Crippen molar-refractivity contribution in [2.75, 3.05) is 7.05 Å². The van der Waals surface area contributed by atoms with E-state index in [0.29, 0.717) is 23.7 Å². The molecule has 1 aromatic rings. The van der Waals surface area contributed by atoms with Crippen LogP contribution in [0.2, 0.25) is 0 Å². The Morgan fingerprint density at radius 2 is 2.00 bits per heavy atom. The standard InChI is InChI=1S/C14H21FN2S/c1-4-12(5-2)17(3)9-11-7-6-10(14(16)18)8-13(11)15/h6-8,12H,4-5,9H2,1-3H3,(H2,16,18). The molecule has 0 saturated heterocycles. The zero-order valence-electron chi connectivity index (χ0n) is 11.2. The Kier molecular flexibility index (Phi) is 5.69. The monoisotopic (exact) mass is 268 g/mol. The van der Waals surface area contributed by atoms with E-state index in [0.717, 1.165) is 12.8 Å². The molecule has 1 rings (SSSR count). The van der Waals surface area contributed by atoms with E-state index in [2.05, 4.69) is 18.7 Å². The molecule has 2 N–H and O–H groups in total. The van der Waals surface area contributed by atoms with E-state index < -0.39 is 0 Å². The van der Waals surface area contributed by atoms with Gasteiger partial charge in [0.15, 0.2) is 0 Å². The summed E-state index contributed by atoms with van der Waals surface area (Å²) in [6.07, 6.45) is 2.14. The molecule has 0 aliphatic carbocycles. The Labute approximate surface area is 114 Å². The molecule has 1 aromatic carbocycles. The largest absolute Gasteiger partial charge is 0.389 e. The number of hydrogen-bond donors (Lipinski definition) is 1. The number of nitrogens with two attached hydrogens (primary N) is 1. The fourth-order valence-electron chi connectivity index (χ4n) is 2.14. The van der Waals surface area contributed by atoms with Gasteiger partial charge in [-0.3, -0.25) is 4.90 Å². The van der Waals surface area contributed by atoms with Crippen LogP contribution in [-0.4, -0.2) is 23.0 Å². The van der Waals surface area contributed by atoms with E-state index in [-0.39, 0.29) is 10.8 Å². The van der Waals surface area contributed by atoms with E-state index >= 15 is 0 Å². The predicted octanol–water partition coefficient (Wildman–Crippen LogP) is 3.08. The molecule has 0 bridgehead atoms. The van der Waals surface area contributed by atoms with Crippen LogP contribution in [-0.2, 0) is 6.54 Å². The molecule has 0 aliphatic rings. The van der Waals surface area contributed by atoms with Crippen LogP contribution in [0.3, 0.4) is 0 Å². The maximum absolute atomic E-state index is 13.9. The summed E-state index contributed by atoms with van der Waals surface area (Å²) in [6.45, 7) is 4.91. The van der Waals surface area contributed by atoms with Crippen molar-refractivity contribution in [3.8, 4) is 0 Å². The van der Waals surface area contributed by atoms with Crippen LogP contribution in [0.1, 0.15) is 37.8 Å². The number of halogens is 1. The summed E-state index contributed by atoms with van der Waals surface area (Å²) in [7, 11) is 2.03. The summed E-state index contributed by atoms with van der Waals surface area (Å²) in [6, 6.07) is 5.45. The Morgan fingerprint density at radius 3 is 2.44 bits per heavy atom. The lowest BCUT2D eigenvalue weighted by molar-refractivity contribution is 0.219. The fraction of sp³-hybridized carbons (Fsp3) is 0.500. The second-order valence-electron chi connectivity index (χ2n) is 4.56. The van der Waals surface area contributed by atoms with Gasteiger partial charge in [0.25, 0.3) is 0 Å². The van der Waals surface area contributed by atoms with E-state index in [9.17, 15) is 4.39 Å². The van der Waals surface area contributed by atoms with Gasteiger partial charge in [-0.1, -0.05) is 38.2 Å². The van der Waals surface area contributed by atoms with Crippen molar-refractivity contribution in [3.63, 3.8) is 0 Å². The smallest absolute Gasteiger partial charge is 0.128 e. The van der Waals surface area contributed by atoms with Gasteiger partial charge < -0.3 is 5.73 Å². The van der Waals surface area contributed by atoms with Gasteiger partial charge in [-0.2, -0.15) is 0 Å². The molecule has 0 unspecified atom stereocenters. The maximum Gasteiger partial charge on any atom is 0.128 e. The van der Waals surface area contributed by atoms with Crippen molar-refractivity contribution in [2.24, 2.45) is 5.73 Å². The molecular weight excluding hydrogens is 247 g/mol. The van der Waals surface area contributed by atoms with Gasteiger partial charge >= 0.3 is 0 Å². The predicted molar refractivity (Wildman–Crippen MR) is 78.1 cm³/mol. The average Bonchev–Trinajstić information content (AvgIpc) is 2.33. The van der Waals surface area contributed by atoms with Crippen LogP contribution in [0.4, 0.5) is 4.39 Å². The third kappa shape index (κ3) is 3.75. The second kappa shape index (κ2) is 6.81. The number of rotatable bonds is 6. The molecule has 18 heavy (non-hydrogen) atoms. The number of thiocarbonyl (C=S) groups is 1. The SMILES string of the molecule is CCC(CC)N(C)Cc1ccc(C(N)=S)cc1F. The molecule has 0 atom stereocenters. The quantitative estimate of drug-likeness (QED) is 0.804. The molecule has 0 fully saturated rings. The van der Waals surface area contributed by atoms with Crippen LogP contribution >= 0.6 is 12.2 Å². The minimum atomic E-state index is -0.238. The maximum atomic E-state index is 13.9. The first-order chi connectivity index (χ1) is 8.49. The van der Waals surface area contributed by atoms with Crippen LogP contribution < -0.4 is 5.73 Å². The first kappa shape index (κ1) is 15.1. The molecule has 0 spiro atoms. The lowest BCUT2D eigenvalue weighted by Crippen LogP contribution is -2.30. The molecule has 0 heterocycles.